The minimum Gasteiger partial charge on any atom is -0.460 e. The zero-order valence-electron chi connectivity index (χ0n) is 9.95. The first-order valence-corrected chi connectivity index (χ1v) is 5.29. The Morgan fingerprint density at radius 3 is 2.88 bits per heavy atom. The van der Waals surface area contributed by atoms with Gasteiger partial charge in [0.15, 0.2) is 0 Å². The second-order valence-corrected chi connectivity index (χ2v) is 4.50. The van der Waals surface area contributed by atoms with Crippen LogP contribution in [0.5, 0.6) is 0 Å². The van der Waals surface area contributed by atoms with Crippen molar-refractivity contribution in [3.8, 4) is 0 Å². The van der Waals surface area contributed by atoms with Crippen molar-refractivity contribution < 1.29 is 14.1 Å². The second kappa shape index (κ2) is 5.65. The third-order valence-corrected chi connectivity index (χ3v) is 1.72. The van der Waals surface area contributed by atoms with Crippen molar-refractivity contribution in [1.29, 1.82) is 0 Å². The summed E-state index contributed by atoms with van der Waals surface area (Å²) >= 11 is 0. The maximum Gasteiger partial charge on any atom is 0.307 e. The molecule has 1 rings (SSSR count). The fraction of sp³-hybridized carbons (Fsp3) is 0.636. The number of carbonyl (C=O) groups is 1. The van der Waals surface area contributed by atoms with Gasteiger partial charge in [-0.1, -0.05) is 5.16 Å². The molecule has 16 heavy (non-hydrogen) atoms. The number of esters is 1. The van der Waals surface area contributed by atoms with Gasteiger partial charge in [0, 0.05) is 19.2 Å². The number of ether oxygens (including phenoxy) is 1. The van der Waals surface area contributed by atoms with Gasteiger partial charge < -0.3 is 14.6 Å². The lowest BCUT2D eigenvalue weighted by molar-refractivity contribution is -0.154. The average molecular weight is 226 g/mol. The molecule has 5 nitrogen and oxygen atoms in total. The molecule has 1 N–H and O–H groups in total. The van der Waals surface area contributed by atoms with E-state index in [-0.39, 0.29) is 5.97 Å². The summed E-state index contributed by atoms with van der Waals surface area (Å²) in [5.74, 6) is -0.194. The van der Waals surface area contributed by atoms with Gasteiger partial charge in [0.05, 0.1) is 12.1 Å². The van der Waals surface area contributed by atoms with Gasteiger partial charge in [-0.05, 0) is 20.8 Å². The molecule has 1 heterocycles. The third kappa shape index (κ3) is 5.50. The summed E-state index contributed by atoms with van der Waals surface area (Å²) in [5.41, 5.74) is 0.410. The summed E-state index contributed by atoms with van der Waals surface area (Å²) in [4.78, 5) is 11.3. The van der Waals surface area contributed by atoms with Crippen molar-refractivity contribution in [2.24, 2.45) is 0 Å². The van der Waals surface area contributed by atoms with Crippen LogP contribution in [0.25, 0.3) is 0 Å². The van der Waals surface area contributed by atoms with Gasteiger partial charge in [0.25, 0.3) is 0 Å². The van der Waals surface area contributed by atoms with Gasteiger partial charge in [-0.3, -0.25) is 4.79 Å². The standard InChI is InChI=1S/C11H18N2O3/c1-11(2,3)16-10(14)4-6-12-8-9-5-7-15-13-9/h5,7,12H,4,6,8H2,1-3H3. The van der Waals surface area contributed by atoms with Crippen LogP contribution < -0.4 is 5.32 Å². The molecule has 0 saturated heterocycles. The Morgan fingerprint density at radius 1 is 1.56 bits per heavy atom. The highest BCUT2D eigenvalue weighted by Gasteiger charge is 2.15. The molecule has 0 radical (unpaired) electrons. The van der Waals surface area contributed by atoms with Crippen LogP contribution in [-0.4, -0.2) is 23.3 Å². The fourth-order valence-corrected chi connectivity index (χ4v) is 1.13. The highest BCUT2D eigenvalue weighted by Crippen LogP contribution is 2.07. The summed E-state index contributed by atoms with van der Waals surface area (Å²) in [6.07, 6.45) is 1.88. The van der Waals surface area contributed by atoms with Crippen molar-refractivity contribution in [1.82, 2.24) is 10.5 Å². The first-order chi connectivity index (χ1) is 7.47. The van der Waals surface area contributed by atoms with Crippen LogP contribution in [0.3, 0.4) is 0 Å². The van der Waals surface area contributed by atoms with Gasteiger partial charge in [-0.2, -0.15) is 0 Å². The average Bonchev–Trinajstić information content (AvgIpc) is 2.62. The minimum absolute atomic E-state index is 0.194. The Kier molecular flexibility index (Phi) is 4.49. The van der Waals surface area contributed by atoms with Crippen LogP contribution in [0.15, 0.2) is 16.9 Å². The fourth-order valence-electron chi connectivity index (χ4n) is 1.13. The Hall–Kier alpha value is -1.36. The zero-order valence-corrected chi connectivity index (χ0v) is 9.95. The van der Waals surface area contributed by atoms with Crippen molar-refractivity contribution in [2.45, 2.75) is 39.3 Å². The second-order valence-electron chi connectivity index (χ2n) is 4.50. The van der Waals surface area contributed by atoms with Gasteiger partial charge in [-0.15, -0.1) is 0 Å². The monoisotopic (exact) mass is 226 g/mol. The van der Waals surface area contributed by atoms with Crippen LogP contribution in [0.4, 0.5) is 0 Å². The molecule has 0 aliphatic carbocycles. The van der Waals surface area contributed by atoms with E-state index in [9.17, 15) is 4.79 Å². The zero-order chi connectivity index (χ0) is 12.0. The maximum atomic E-state index is 11.3. The number of nitrogens with one attached hydrogen (secondary N) is 1. The summed E-state index contributed by atoms with van der Waals surface area (Å²) in [6.45, 7) is 6.73. The largest absolute Gasteiger partial charge is 0.460 e. The lowest BCUT2D eigenvalue weighted by atomic mass is 10.2. The summed E-state index contributed by atoms with van der Waals surface area (Å²) in [7, 11) is 0. The predicted octanol–water partition coefficient (Wildman–Crippen LogP) is 1.50. The lowest BCUT2D eigenvalue weighted by Crippen LogP contribution is -2.26. The van der Waals surface area contributed by atoms with E-state index in [0.29, 0.717) is 19.5 Å². The molecule has 1 aromatic heterocycles. The van der Waals surface area contributed by atoms with Crippen LogP contribution in [0.1, 0.15) is 32.9 Å². The Bertz CT molecular complexity index is 314. The first kappa shape index (κ1) is 12.7. The lowest BCUT2D eigenvalue weighted by Gasteiger charge is -2.19. The predicted molar refractivity (Wildman–Crippen MR) is 58.7 cm³/mol. The molecule has 0 fully saturated rings. The third-order valence-electron chi connectivity index (χ3n) is 1.72. The Labute approximate surface area is 95.1 Å². The molecule has 90 valence electrons. The van der Waals surface area contributed by atoms with Crippen LogP contribution in [-0.2, 0) is 16.1 Å². The molecule has 0 saturated carbocycles. The Morgan fingerprint density at radius 2 is 2.31 bits per heavy atom. The van der Waals surface area contributed by atoms with E-state index < -0.39 is 5.60 Å². The van der Waals surface area contributed by atoms with E-state index in [0.717, 1.165) is 5.69 Å². The molecule has 0 unspecified atom stereocenters. The molecule has 0 bridgehead atoms. The van der Waals surface area contributed by atoms with E-state index in [1.807, 2.05) is 20.8 Å². The summed E-state index contributed by atoms with van der Waals surface area (Å²) in [5, 5.41) is 6.82. The van der Waals surface area contributed by atoms with Crippen molar-refractivity contribution in [3.63, 3.8) is 0 Å². The number of hydrogen-bond donors (Lipinski definition) is 1. The van der Waals surface area contributed by atoms with Crippen LogP contribution >= 0.6 is 0 Å². The maximum absolute atomic E-state index is 11.3. The number of aromatic nitrogens is 1. The number of hydrogen-bond acceptors (Lipinski definition) is 5. The summed E-state index contributed by atoms with van der Waals surface area (Å²) < 4.78 is 9.84. The highest BCUT2D eigenvalue weighted by atomic mass is 16.6. The van der Waals surface area contributed by atoms with Gasteiger partial charge >= 0.3 is 5.97 Å². The van der Waals surface area contributed by atoms with E-state index in [1.165, 1.54) is 6.26 Å². The van der Waals surface area contributed by atoms with Gasteiger partial charge in [-0.25, -0.2) is 0 Å². The molecule has 0 amide bonds. The van der Waals surface area contributed by atoms with Gasteiger partial charge in [0.2, 0.25) is 0 Å². The molecule has 0 aliphatic rings. The van der Waals surface area contributed by atoms with Crippen molar-refractivity contribution in [2.75, 3.05) is 6.54 Å². The van der Waals surface area contributed by atoms with E-state index in [4.69, 9.17) is 4.74 Å². The van der Waals surface area contributed by atoms with Crippen molar-refractivity contribution >= 4 is 5.97 Å². The normalized spacial score (nSPS) is 11.4. The number of nitrogens with zero attached hydrogens (tertiary/aromatic N) is 1. The molecule has 0 aromatic carbocycles. The summed E-state index contributed by atoms with van der Waals surface area (Å²) in [6, 6.07) is 1.78. The van der Waals surface area contributed by atoms with E-state index in [1.54, 1.807) is 6.07 Å². The Balaban J connectivity index is 2.09. The topological polar surface area (TPSA) is 64.4 Å². The van der Waals surface area contributed by atoms with Crippen molar-refractivity contribution in [3.05, 3.63) is 18.0 Å². The van der Waals surface area contributed by atoms with Crippen LogP contribution in [0.2, 0.25) is 0 Å². The molecule has 0 aliphatic heterocycles. The first-order valence-electron chi connectivity index (χ1n) is 5.29. The molecule has 0 spiro atoms. The minimum atomic E-state index is -0.413. The quantitative estimate of drug-likeness (QED) is 0.608. The molecular formula is C11H18N2O3. The van der Waals surface area contributed by atoms with Gasteiger partial charge in [0.1, 0.15) is 11.9 Å². The molecule has 5 heteroatoms. The smallest absolute Gasteiger partial charge is 0.307 e. The highest BCUT2D eigenvalue weighted by molar-refractivity contribution is 5.70. The molecular weight excluding hydrogens is 208 g/mol. The van der Waals surface area contributed by atoms with E-state index >= 15 is 0 Å². The number of carbonyl (C=O) groups excluding carboxylic acids is 1. The molecule has 0 atom stereocenters. The van der Waals surface area contributed by atoms with Crippen LogP contribution in [0, 0.1) is 0 Å². The SMILES string of the molecule is CC(C)(C)OC(=O)CCNCc1ccon1. The van der Waals surface area contributed by atoms with E-state index in [2.05, 4.69) is 15.0 Å². The number of rotatable bonds is 5. The molecule has 1 aromatic rings.